The molecule has 0 aliphatic heterocycles. The first-order valence-corrected chi connectivity index (χ1v) is 6.28. The van der Waals surface area contributed by atoms with Crippen LogP contribution in [0.25, 0.3) is 0 Å². The van der Waals surface area contributed by atoms with Crippen molar-refractivity contribution in [2.75, 3.05) is 0 Å². The molecule has 6 heteroatoms. The average Bonchev–Trinajstić information content (AvgIpc) is 2.28. The molecule has 0 saturated carbocycles. The second-order valence-corrected chi connectivity index (χ2v) is 5.33. The molecule has 0 aliphatic carbocycles. The lowest BCUT2D eigenvalue weighted by Gasteiger charge is -2.07. The summed E-state index contributed by atoms with van der Waals surface area (Å²) in [6.07, 6.45) is 0. The number of benzene rings is 1. The van der Waals surface area contributed by atoms with Crippen molar-refractivity contribution < 1.29 is 18.9 Å². The van der Waals surface area contributed by atoms with Crippen LogP contribution >= 0.6 is 0 Å². The van der Waals surface area contributed by atoms with E-state index in [1.807, 2.05) is 0 Å². The largest absolute Gasteiger partial charge is 0.480 e. The molecule has 1 aromatic rings. The summed E-state index contributed by atoms with van der Waals surface area (Å²) in [7, 11) is -1.52. The summed E-state index contributed by atoms with van der Waals surface area (Å²) in [6.45, 7) is 1.39. The molecule has 5 nitrogen and oxygen atoms in total. The van der Waals surface area contributed by atoms with E-state index in [0.29, 0.717) is 11.1 Å². The predicted molar refractivity (Wildman–Crippen MR) is 63.9 cm³/mol. The van der Waals surface area contributed by atoms with Gasteiger partial charge in [0.15, 0.2) is 0 Å². The van der Waals surface area contributed by atoms with E-state index in [0.717, 1.165) is 0 Å². The first kappa shape index (κ1) is 13.4. The van der Waals surface area contributed by atoms with Crippen molar-refractivity contribution >= 4 is 22.7 Å². The Bertz CT molecular complexity index is 472. The molecule has 1 aromatic carbocycles. The zero-order valence-electron chi connectivity index (χ0n) is 9.25. The first-order valence-electron chi connectivity index (χ1n) is 4.90. The zero-order valence-corrected chi connectivity index (χ0v) is 10.1. The van der Waals surface area contributed by atoms with Crippen molar-refractivity contribution in [2.24, 2.45) is 5.73 Å². The van der Waals surface area contributed by atoms with Gasteiger partial charge in [0.1, 0.15) is 5.25 Å². The lowest BCUT2D eigenvalue weighted by molar-refractivity contribution is -0.136. The van der Waals surface area contributed by atoms with Crippen molar-refractivity contribution in [3.05, 3.63) is 35.4 Å². The van der Waals surface area contributed by atoms with Gasteiger partial charge in [0.2, 0.25) is 5.91 Å². The van der Waals surface area contributed by atoms with Crippen LogP contribution in [0.15, 0.2) is 24.3 Å². The molecule has 3 N–H and O–H groups in total. The Morgan fingerprint density at radius 2 is 2.12 bits per heavy atom. The predicted octanol–water partition coefficient (Wildman–Crippen LogP) is 0.507. The summed E-state index contributed by atoms with van der Waals surface area (Å²) in [5, 5.41) is 7.77. The molecule has 1 amide bonds. The Morgan fingerprint density at radius 1 is 1.47 bits per heavy atom. The minimum absolute atomic E-state index is 0.0919. The van der Waals surface area contributed by atoms with Crippen molar-refractivity contribution in [1.29, 1.82) is 0 Å². The van der Waals surface area contributed by atoms with Crippen molar-refractivity contribution in [1.82, 2.24) is 0 Å². The van der Waals surface area contributed by atoms with Gasteiger partial charge in [0.05, 0.1) is 0 Å². The highest BCUT2D eigenvalue weighted by Crippen LogP contribution is 2.10. The Morgan fingerprint density at radius 3 is 2.65 bits per heavy atom. The number of carboxylic acid groups (broad SMARTS) is 1. The summed E-state index contributed by atoms with van der Waals surface area (Å²) < 4.78 is 11.6. The minimum Gasteiger partial charge on any atom is -0.480 e. The van der Waals surface area contributed by atoms with Crippen LogP contribution < -0.4 is 5.73 Å². The third-order valence-electron chi connectivity index (χ3n) is 2.26. The van der Waals surface area contributed by atoms with Gasteiger partial charge in [-0.2, -0.15) is 0 Å². The number of carbonyl (C=O) groups excluding carboxylic acids is 1. The fourth-order valence-corrected chi connectivity index (χ4v) is 2.20. The average molecular weight is 255 g/mol. The summed E-state index contributed by atoms with van der Waals surface area (Å²) in [5.41, 5.74) is 6.07. The number of carbonyl (C=O) groups is 2. The number of hydrogen-bond acceptors (Lipinski definition) is 3. The third kappa shape index (κ3) is 3.67. The number of primary amides is 1. The highest BCUT2D eigenvalue weighted by Gasteiger charge is 2.19. The van der Waals surface area contributed by atoms with Crippen molar-refractivity contribution in [2.45, 2.75) is 17.9 Å². The molecule has 0 saturated heterocycles. The van der Waals surface area contributed by atoms with E-state index in [2.05, 4.69) is 0 Å². The van der Waals surface area contributed by atoms with Gasteiger partial charge in [0, 0.05) is 22.1 Å². The molecule has 0 spiro atoms. The standard InChI is InChI=1S/C11H13NO4S/c1-7(11(14)15)17(16)6-8-3-2-4-9(5-8)10(12)13/h2-5,7H,6H2,1H3,(H2,12,13)(H,14,15). The molecular formula is C11H13NO4S. The van der Waals surface area contributed by atoms with Crippen molar-refractivity contribution in [3.63, 3.8) is 0 Å². The fourth-order valence-electron chi connectivity index (χ4n) is 1.22. The molecule has 92 valence electrons. The number of rotatable bonds is 5. The normalized spacial score (nSPS) is 13.9. The summed E-state index contributed by atoms with van der Waals surface area (Å²) in [4.78, 5) is 21.6. The van der Waals surface area contributed by atoms with Gasteiger partial charge in [-0.05, 0) is 24.6 Å². The molecule has 0 radical (unpaired) electrons. The van der Waals surface area contributed by atoms with Crippen LogP contribution in [0.4, 0.5) is 0 Å². The van der Waals surface area contributed by atoms with Crippen LogP contribution in [0.3, 0.4) is 0 Å². The molecular weight excluding hydrogens is 242 g/mol. The van der Waals surface area contributed by atoms with Crippen LogP contribution in [-0.4, -0.2) is 26.4 Å². The fraction of sp³-hybridized carbons (Fsp3) is 0.273. The van der Waals surface area contributed by atoms with E-state index in [1.165, 1.54) is 13.0 Å². The SMILES string of the molecule is CC(C(=O)O)S(=O)Cc1cccc(C(N)=O)c1. The minimum atomic E-state index is -1.52. The molecule has 2 atom stereocenters. The number of aliphatic carboxylic acids is 1. The summed E-state index contributed by atoms with van der Waals surface area (Å²) in [5.74, 6) is -1.58. The van der Waals surface area contributed by atoms with Crippen LogP contribution in [0, 0.1) is 0 Å². The van der Waals surface area contributed by atoms with Crippen LogP contribution in [0.5, 0.6) is 0 Å². The Balaban J connectivity index is 2.82. The monoisotopic (exact) mass is 255 g/mol. The second kappa shape index (κ2) is 5.58. The highest BCUT2D eigenvalue weighted by molar-refractivity contribution is 7.85. The summed E-state index contributed by atoms with van der Waals surface area (Å²) >= 11 is 0. The number of hydrogen-bond donors (Lipinski definition) is 2. The van der Waals surface area contributed by atoms with Gasteiger partial charge in [0.25, 0.3) is 0 Å². The second-order valence-electron chi connectivity index (χ2n) is 3.57. The topological polar surface area (TPSA) is 97.5 Å². The summed E-state index contributed by atoms with van der Waals surface area (Å²) in [6, 6.07) is 6.38. The van der Waals surface area contributed by atoms with Crippen LogP contribution in [0.1, 0.15) is 22.8 Å². The third-order valence-corrected chi connectivity index (χ3v) is 3.87. The lowest BCUT2D eigenvalue weighted by Crippen LogP contribution is -2.23. The molecule has 0 heterocycles. The van der Waals surface area contributed by atoms with E-state index >= 15 is 0 Å². The quantitative estimate of drug-likeness (QED) is 0.800. The highest BCUT2D eigenvalue weighted by atomic mass is 32.2. The smallest absolute Gasteiger partial charge is 0.318 e. The van der Waals surface area contributed by atoms with E-state index in [-0.39, 0.29) is 5.75 Å². The Labute approximate surface area is 101 Å². The van der Waals surface area contributed by atoms with Gasteiger partial charge in [-0.25, -0.2) is 0 Å². The molecule has 1 rings (SSSR count). The van der Waals surface area contributed by atoms with Gasteiger partial charge < -0.3 is 10.8 Å². The lowest BCUT2D eigenvalue weighted by atomic mass is 10.1. The molecule has 2 unspecified atom stereocenters. The van der Waals surface area contributed by atoms with E-state index in [1.54, 1.807) is 18.2 Å². The van der Waals surface area contributed by atoms with Gasteiger partial charge >= 0.3 is 5.97 Å². The van der Waals surface area contributed by atoms with E-state index in [4.69, 9.17) is 10.8 Å². The molecule has 0 aliphatic rings. The maximum atomic E-state index is 11.6. The van der Waals surface area contributed by atoms with Gasteiger partial charge in [-0.1, -0.05) is 12.1 Å². The molecule has 0 aromatic heterocycles. The van der Waals surface area contributed by atoms with E-state index in [9.17, 15) is 13.8 Å². The van der Waals surface area contributed by atoms with Crippen LogP contribution in [-0.2, 0) is 21.3 Å². The van der Waals surface area contributed by atoms with Gasteiger partial charge in [-0.3, -0.25) is 13.8 Å². The Hall–Kier alpha value is -1.69. The van der Waals surface area contributed by atoms with Gasteiger partial charge in [-0.15, -0.1) is 0 Å². The van der Waals surface area contributed by atoms with E-state index < -0.39 is 27.9 Å². The van der Waals surface area contributed by atoms with Crippen molar-refractivity contribution in [3.8, 4) is 0 Å². The number of amides is 1. The Kier molecular flexibility index (Phi) is 4.39. The molecule has 17 heavy (non-hydrogen) atoms. The maximum Gasteiger partial charge on any atom is 0.318 e. The zero-order chi connectivity index (χ0) is 13.0. The number of carboxylic acids is 1. The molecule has 0 fully saturated rings. The van der Waals surface area contributed by atoms with Crippen LogP contribution in [0.2, 0.25) is 0 Å². The first-order chi connectivity index (χ1) is 7.91. The maximum absolute atomic E-state index is 11.6. The molecule has 0 bridgehead atoms. The number of nitrogens with two attached hydrogens (primary N) is 1.